The number of nitrogens with zero attached hydrogens (tertiary/aromatic N) is 4. The molecular weight excluding hydrogens is 256 g/mol. The van der Waals surface area contributed by atoms with Gasteiger partial charge in [0.1, 0.15) is 5.41 Å². The zero-order chi connectivity index (χ0) is 15.0. The Morgan fingerprint density at radius 1 is 1.20 bits per heavy atom. The van der Waals surface area contributed by atoms with E-state index in [-0.39, 0.29) is 6.42 Å². The van der Waals surface area contributed by atoms with Crippen molar-refractivity contribution in [2.24, 2.45) is 22.2 Å². The van der Waals surface area contributed by atoms with Gasteiger partial charge in [0, 0.05) is 5.92 Å². The predicted octanol–water partition coefficient (Wildman–Crippen LogP) is 1.19. The molecule has 3 aliphatic rings. The Morgan fingerprint density at radius 3 is 2.15 bits per heavy atom. The number of carbonyl (C=O) groups is 1. The number of rotatable bonds is 1. The third-order valence-electron chi connectivity index (χ3n) is 4.52. The fourth-order valence-corrected chi connectivity index (χ4v) is 3.41. The van der Waals surface area contributed by atoms with E-state index in [9.17, 15) is 25.8 Å². The van der Waals surface area contributed by atoms with Gasteiger partial charge in [-0.2, -0.15) is 21.0 Å². The average molecular weight is 266 g/mol. The van der Waals surface area contributed by atoms with Gasteiger partial charge < -0.3 is 4.74 Å². The van der Waals surface area contributed by atoms with Crippen molar-refractivity contribution in [2.45, 2.75) is 12.8 Å². The molecule has 2 bridgehead atoms. The summed E-state index contributed by atoms with van der Waals surface area (Å²) in [6.45, 7) is 0. The van der Waals surface area contributed by atoms with Gasteiger partial charge in [-0.1, -0.05) is 12.2 Å². The number of methoxy groups -OCH3 is 1. The van der Waals surface area contributed by atoms with Crippen LogP contribution in [-0.4, -0.2) is 13.1 Å². The zero-order valence-corrected chi connectivity index (χ0v) is 10.8. The molecule has 3 aliphatic carbocycles. The lowest BCUT2D eigenvalue weighted by Crippen LogP contribution is -2.62. The first-order chi connectivity index (χ1) is 9.54. The van der Waals surface area contributed by atoms with Crippen LogP contribution in [0.25, 0.3) is 0 Å². The Balaban J connectivity index is 2.89. The lowest BCUT2D eigenvalue weighted by Gasteiger charge is -2.53. The van der Waals surface area contributed by atoms with Crippen molar-refractivity contribution in [3.8, 4) is 24.3 Å². The molecule has 3 rings (SSSR count). The van der Waals surface area contributed by atoms with E-state index in [1.165, 1.54) is 6.08 Å². The van der Waals surface area contributed by atoms with E-state index in [4.69, 9.17) is 4.74 Å². The van der Waals surface area contributed by atoms with Crippen molar-refractivity contribution in [1.82, 2.24) is 0 Å². The van der Waals surface area contributed by atoms with E-state index in [2.05, 4.69) is 0 Å². The molecule has 0 heterocycles. The second-order valence-corrected chi connectivity index (χ2v) is 4.97. The van der Waals surface area contributed by atoms with E-state index in [0.29, 0.717) is 6.42 Å². The van der Waals surface area contributed by atoms with E-state index in [1.54, 1.807) is 18.2 Å². The van der Waals surface area contributed by atoms with Gasteiger partial charge in [-0.3, -0.25) is 4.79 Å². The Hall–Kier alpha value is -2.83. The van der Waals surface area contributed by atoms with Crippen molar-refractivity contribution < 1.29 is 9.53 Å². The third-order valence-corrected chi connectivity index (χ3v) is 4.52. The quantitative estimate of drug-likeness (QED) is 0.519. The van der Waals surface area contributed by atoms with Crippen LogP contribution in [0.15, 0.2) is 12.2 Å². The molecule has 0 spiro atoms. The molecule has 1 saturated carbocycles. The maximum absolute atomic E-state index is 12.2. The fourth-order valence-electron chi connectivity index (χ4n) is 3.41. The molecule has 0 aliphatic heterocycles. The number of ether oxygens (including phenoxy) is 1. The number of hydrogen-bond acceptors (Lipinski definition) is 6. The Labute approximate surface area is 116 Å². The van der Waals surface area contributed by atoms with Crippen LogP contribution in [0.2, 0.25) is 0 Å². The van der Waals surface area contributed by atoms with Gasteiger partial charge in [-0.25, -0.2) is 0 Å². The maximum atomic E-state index is 12.2. The van der Waals surface area contributed by atoms with Gasteiger partial charge >= 0.3 is 5.97 Å². The summed E-state index contributed by atoms with van der Waals surface area (Å²) in [5.41, 5.74) is -5.49. The number of allylic oxidation sites excluding steroid dienone is 1. The highest BCUT2D eigenvalue weighted by molar-refractivity contribution is 5.84. The first-order valence-electron chi connectivity index (χ1n) is 5.97. The predicted molar refractivity (Wildman–Crippen MR) is 63.6 cm³/mol. The second-order valence-electron chi connectivity index (χ2n) is 4.97. The van der Waals surface area contributed by atoms with Gasteiger partial charge in [0.2, 0.25) is 0 Å². The number of fused-ring (bicyclic) bond motifs is 2. The van der Waals surface area contributed by atoms with E-state index in [1.807, 2.05) is 12.1 Å². The Bertz CT molecular complexity index is 639. The molecule has 0 amide bonds. The highest BCUT2D eigenvalue weighted by Gasteiger charge is 2.75. The average Bonchev–Trinajstić information content (AvgIpc) is 2.53. The molecule has 98 valence electrons. The number of esters is 1. The SMILES string of the molecule is COC(=O)[C@]12C=C[C@@H](CC1)C(C#N)(C#N)C2(C#N)C#N. The second kappa shape index (κ2) is 4.09. The first-order valence-corrected chi connectivity index (χ1v) is 5.97. The summed E-state index contributed by atoms with van der Waals surface area (Å²) in [5, 5.41) is 38.0. The molecule has 1 fully saturated rings. The van der Waals surface area contributed by atoms with Crippen LogP contribution in [0.1, 0.15) is 12.8 Å². The Kier molecular flexibility index (Phi) is 2.78. The number of nitriles is 4. The standard InChI is InChI=1S/C14H10N4O2/c1-20-11(19)12-4-2-10(3-5-12)13(6-15,7-16)14(12,8-17)9-18/h2,4,10H,3,5H2,1H3/t10-,12-/m0/s1. The summed E-state index contributed by atoms with van der Waals surface area (Å²) >= 11 is 0. The highest BCUT2D eigenvalue weighted by Crippen LogP contribution is 2.66. The minimum absolute atomic E-state index is 0.215. The lowest BCUT2D eigenvalue weighted by atomic mass is 9.40. The number of hydrogen-bond donors (Lipinski definition) is 0. The van der Waals surface area contributed by atoms with Gasteiger partial charge in [0.05, 0.1) is 31.4 Å². The normalized spacial score (nSPS) is 31.1. The molecule has 0 saturated heterocycles. The summed E-state index contributed by atoms with van der Waals surface area (Å²) in [4.78, 5) is 12.2. The van der Waals surface area contributed by atoms with Gasteiger partial charge in [0.15, 0.2) is 10.8 Å². The molecule has 0 unspecified atom stereocenters. The summed E-state index contributed by atoms with van der Waals surface area (Å²) in [7, 11) is 1.16. The lowest BCUT2D eigenvalue weighted by molar-refractivity contribution is -0.161. The third kappa shape index (κ3) is 1.08. The highest BCUT2D eigenvalue weighted by atomic mass is 16.5. The molecule has 0 radical (unpaired) electrons. The first kappa shape index (κ1) is 13.6. The van der Waals surface area contributed by atoms with Crippen LogP contribution in [0.5, 0.6) is 0 Å². The molecule has 6 heteroatoms. The minimum Gasteiger partial charge on any atom is -0.468 e. The van der Waals surface area contributed by atoms with Crippen LogP contribution in [0.4, 0.5) is 0 Å². The molecule has 0 aromatic rings. The summed E-state index contributed by atoms with van der Waals surface area (Å²) < 4.78 is 4.74. The summed E-state index contributed by atoms with van der Waals surface area (Å²) in [5.74, 6) is -1.30. The topological polar surface area (TPSA) is 121 Å². The van der Waals surface area contributed by atoms with E-state index >= 15 is 0 Å². The molecular formula is C14H10N4O2. The summed E-state index contributed by atoms with van der Waals surface area (Å²) in [6.07, 6.45) is 3.65. The van der Waals surface area contributed by atoms with Crippen molar-refractivity contribution in [3.63, 3.8) is 0 Å². The zero-order valence-electron chi connectivity index (χ0n) is 10.8. The van der Waals surface area contributed by atoms with Gasteiger partial charge in [0.25, 0.3) is 0 Å². The van der Waals surface area contributed by atoms with Crippen LogP contribution in [0, 0.1) is 67.5 Å². The minimum atomic E-state index is -2.06. The smallest absolute Gasteiger partial charge is 0.318 e. The summed E-state index contributed by atoms with van der Waals surface area (Å²) in [6, 6.07) is 7.24. The van der Waals surface area contributed by atoms with Crippen LogP contribution >= 0.6 is 0 Å². The van der Waals surface area contributed by atoms with Crippen molar-refractivity contribution in [1.29, 1.82) is 21.0 Å². The Morgan fingerprint density at radius 2 is 1.80 bits per heavy atom. The molecule has 6 nitrogen and oxygen atoms in total. The van der Waals surface area contributed by atoms with Crippen LogP contribution < -0.4 is 0 Å². The van der Waals surface area contributed by atoms with Gasteiger partial charge in [-0.15, -0.1) is 0 Å². The van der Waals surface area contributed by atoms with Crippen molar-refractivity contribution in [2.75, 3.05) is 7.11 Å². The van der Waals surface area contributed by atoms with E-state index in [0.717, 1.165) is 7.11 Å². The monoisotopic (exact) mass is 266 g/mol. The van der Waals surface area contributed by atoms with Gasteiger partial charge in [-0.05, 0) is 12.8 Å². The van der Waals surface area contributed by atoms with Crippen LogP contribution in [-0.2, 0) is 9.53 Å². The van der Waals surface area contributed by atoms with Crippen molar-refractivity contribution >= 4 is 5.97 Å². The number of carbonyl (C=O) groups excluding carboxylic acids is 1. The fraction of sp³-hybridized carbons (Fsp3) is 0.500. The van der Waals surface area contributed by atoms with E-state index < -0.39 is 28.1 Å². The van der Waals surface area contributed by atoms with Crippen molar-refractivity contribution in [3.05, 3.63) is 12.2 Å². The molecule has 20 heavy (non-hydrogen) atoms. The molecule has 0 aromatic heterocycles. The maximum Gasteiger partial charge on any atom is 0.318 e. The molecule has 0 N–H and O–H groups in total. The van der Waals surface area contributed by atoms with Crippen LogP contribution in [0.3, 0.4) is 0 Å². The molecule has 0 aromatic carbocycles. The largest absolute Gasteiger partial charge is 0.468 e. The molecule has 2 atom stereocenters.